The number of carbonyl (C=O) groups is 1. The standard InChI is InChI=1S/C20H17ClN2O3/c1-13-11-15(21)5-9-18(13)26-19-10-6-16(12-22-19)23-20(24)14-3-7-17(25-2)8-4-14/h3-12H,1-2H3,(H,23,24). The first-order valence-electron chi connectivity index (χ1n) is 7.90. The lowest BCUT2D eigenvalue weighted by Gasteiger charge is -2.09. The third-order valence-corrected chi connectivity index (χ3v) is 3.93. The largest absolute Gasteiger partial charge is 0.497 e. The first-order valence-corrected chi connectivity index (χ1v) is 8.28. The van der Waals surface area contributed by atoms with E-state index >= 15 is 0 Å². The van der Waals surface area contributed by atoms with Gasteiger partial charge in [0.05, 0.1) is 19.0 Å². The van der Waals surface area contributed by atoms with Gasteiger partial charge in [-0.25, -0.2) is 4.98 Å². The van der Waals surface area contributed by atoms with Crippen LogP contribution in [0.5, 0.6) is 17.4 Å². The summed E-state index contributed by atoms with van der Waals surface area (Å²) >= 11 is 5.94. The van der Waals surface area contributed by atoms with Crippen LogP contribution in [0.1, 0.15) is 15.9 Å². The monoisotopic (exact) mass is 368 g/mol. The Bertz CT molecular complexity index is 909. The Morgan fingerprint density at radius 1 is 1.08 bits per heavy atom. The molecule has 26 heavy (non-hydrogen) atoms. The average Bonchev–Trinajstić information content (AvgIpc) is 2.65. The molecule has 0 fully saturated rings. The van der Waals surface area contributed by atoms with E-state index in [1.807, 2.05) is 13.0 Å². The molecule has 0 aliphatic carbocycles. The van der Waals surface area contributed by atoms with Crippen molar-refractivity contribution in [3.63, 3.8) is 0 Å². The SMILES string of the molecule is COc1ccc(C(=O)Nc2ccc(Oc3ccc(Cl)cc3C)nc2)cc1. The van der Waals surface area contributed by atoms with Gasteiger partial charge in [-0.1, -0.05) is 11.6 Å². The highest BCUT2D eigenvalue weighted by atomic mass is 35.5. The summed E-state index contributed by atoms with van der Waals surface area (Å²) in [7, 11) is 1.58. The molecule has 1 aromatic heterocycles. The smallest absolute Gasteiger partial charge is 0.255 e. The first kappa shape index (κ1) is 17.8. The Hall–Kier alpha value is -3.05. The fourth-order valence-corrected chi connectivity index (χ4v) is 2.53. The summed E-state index contributed by atoms with van der Waals surface area (Å²) in [5.74, 6) is 1.58. The van der Waals surface area contributed by atoms with Crippen LogP contribution in [-0.2, 0) is 0 Å². The van der Waals surface area contributed by atoms with Gasteiger partial charge >= 0.3 is 0 Å². The van der Waals surface area contributed by atoms with Crippen LogP contribution >= 0.6 is 11.6 Å². The second-order valence-corrected chi connectivity index (χ2v) is 6.02. The fraction of sp³-hybridized carbons (Fsp3) is 0.100. The van der Waals surface area contributed by atoms with Crippen molar-refractivity contribution in [3.05, 3.63) is 76.9 Å². The lowest BCUT2D eigenvalue weighted by molar-refractivity contribution is 0.102. The number of nitrogens with zero attached hydrogens (tertiary/aromatic N) is 1. The van der Waals surface area contributed by atoms with E-state index in [4.69, 9.17) is 21.1 Å². The van der Waals surface area contributed by atoms with Crippen LogP contribution < -0.4 is 14.8 Å². The van der Waals surface area contributed by atoms with Gasteiger partial charge in [-0.3, -0.25) is 4.79 Å². The van der Waals surface area contributed by atoms with E-state index in [2.05, 4.69) is 10.3 Å². The molecule has 0 radical (unpaired) electrons. The summed E-state index contributed by atoms with van der Waals surface area (Å²) in [5, 5.41) is 3.44. The quantitative estimate of drug-likeness (QED) is 0.680. The molecule has 0 aliphatic rings. The number of aromatic nitrogens is 1. The minimum atomic E-state index is -0.225. The zero-order valence-corrected chi connectivity index (χ0v) is 15.1. The molecule has 1 N–H and O–H groups in total. The van der Waals surface area contributed by atoms with Crippen LogP contribution in [0.4, 0.5) is 5.69 Å². The van der Waals surface area contributed by atoms with Gasteiger partial charge in [0.25, 0.3) is 5.91 Å². The van der Waals surface area contributed by atoms with Crippen molar-refractivity contribution >= 4 is 23.2 Å². The van der Waals surface area contributed by atoms with Gasteiger partial charge in [0, 0.05) is 16.7 Å². The van der Waals surface area contributed by atoms with Crippen LogP contribution in [-0.4, -0.2) is 18.0 Å². The minimum absolute atomic E-state index is 0.225. The molecule has 3 aromatic rings. The number of ether oxygens (including phenoxy) is 2. The number of hydrogen-bond donors (Lipinski definition) is 1. The third kappa shape index (κ3) is 4.32. The van der Waals surface area contributed by atoms with E-state index in [0.29, 0.717) is 33.7 Å². The van der Waals surface area contributed by atoms with Gasteiger partial charge in [-0.2, -0.15) is 0 Å². The average molecular weight is 369 g/mol. The van der Waals surface area contributed by atoms with Gasteiger partial charge in [-0.05, 0) is 61.0 Å². The molecule has 0 atom stereocenters. The van der Waals surface area contributed by atoms with E-state index < -0.39 is 0 Å². The Morgan fingerprint density at radius 2 is 1.85 bits per heavy atom. The number of hydrogen-bond acceptors (Lipinski definition) is 4. The molecule has 0 saturated heterocycles. The number of aryl methyl sites for hydroxylation is 1. The number of rotatable bonds is 5. The van der Waals surface area contributed by atoms with Crippen molar-refractivity contribution in [2.45, 2.75) is 6.92 Å². The van der Waals surface area contributed by atoms with Crippen molar-refractivity contribution < 1.29 is 14.3 Å². The molecule has 2 aromatic carbocycles. The minimum Gasteiger partial charge on any atom is -0.497 e. The highest BCUT2D eigenvalue weighted by Crippen LogP contribution is 2.26. The van der Waals surface area contributed by atoms with Gasteiger partial charge in [-0.15, -0.1) is 0 Å². The molecule has 0 aliphatic heterocycles. The summed E-state index contributed by atoms with van der Waals surface area (Å²) in [6.07, 6.45) is 1.54. The van der Waals surface area contributed by atoms with Crippen molar-refractivity contribution in [2.24, 2.45) is 0 Å². The molecular formula is C20H17ClN2O3. The molecule has 0 spiro atoms. The Kier molecular flexibility index (Phi) is 5.39. The molecule has 0 bridgehead atoms. The van der Waals surface area contributed by atoms with E-state index in [9.17, 15) is 4.79 Å². The van der Waals surface area contributed by atoms with Crippen LogP contribution in [0, 0.1) is 6.92 Å². The van der Waals surface area contributed by atoms with Crippen molar-refractivity contribution in [2.75, 3.05) is 12.4 Å². The highest BCUT2D eigenvalue weighted by molar-refractivity contribution is 6.30. The molecule has 5 nitrogen and oxygen atoms in total. The van der Waals surface area contributed by atoms with Crippen LogP contribution in [0.15, 0.2) is 60.8 Å². The van der Waals surface area contributed by atoms with Gasteiger partial charge < -0.3 is 14.8 Å². The number of benzene rings is 2. The molecule has 0 saturated carbocycles. The molecule has 0 unspecified atom stereocenters. The van der Waals surface area contributed by atoms with Crippen LogP contribution in [0.25, 0.3) is 0 Å². The zero-order chi connectivity index (χ0) is 18.5. The third-order valence-electron chi connectivity index (χ3n) is 3.70. The van der Waals surface area contributed by atoms with Gasteiger partial charge in [0.15, 0.2) is 0 Å². The lowest BCUT2D eigenvalue weighted by Crippen LogP contribution is -2.11. The number of amides is 1. The normalized spacial score (nSPS) is 10.3. The number of methoxy groups -OCH3 is 1. The zero-order valence-electron chi connectivity index (χ0n) is 14.3. The fourth-order valence-electron chi connectivity index (χ4n) is 2.30. The summed E-state index contributed by atoms with van der Waals surface area (Å²) in [6, 6.07) is 15.7. The van der Waals surface area contributed by atoms with Crippen molar-refractivity contribution in [1.82, 2.24) is 4.98 Å². The number of carbonyl (C=O) groups excluding carboxylic acids is 1. The molecular weight excluding hydrogens is 352 g/mol. The van der Waals surface area contributed by atoms with Gasteiger partial charge in [0.1, 0.15) is 11.5 Å². The van der Waals surface area contributed by atoms with Gasteiger partial charge in [0.2, 0.25) is 5.88 Å². The van der Waals surface area contributed by atoms with Crippen molar-refractivity contribution in [3.8, 4) is 17.4 Å². The first-order chi connectivity index (χ1) is 12.5. The number of nitrogens with one attached hydrogen (secondary N) is 1. The summed E-state index contributed by atoms with van der Waals surface area (Å²) in [5.41, 5.74) is 2.02. The second-order valence-electron chi connectivity index (χ2n) is 5.58. The van der Waals surface area contributed by atoms with Crippen LogP contribution in [0.3, 0.4) is 0 Å². The topological polar surface area (TPSA) is 60.5 Å². The Morgan fingerprint density at radius 3 is 2.46 bits per heavy atom. The highest BCUT2D eigenvalue weighted by Gasteiger charge is 2.08. The maximum atomic E-state index is 12.2. The molecule has 1 heterocycles. The molecule has 6 heteroatoms. The summed E-state index contributed by atoms with van der Waals surface area (Å²) in [6.45, 7) is 1.91. The Labute approximate surface area is 156 Å². The maximum absolute atomic E-state index is 12.2. The molecule has 3 rings (SSSR count). The summed E-state index contributed by atoms with van der Waals surface area (Å²) in [4.78, 5) is 16.5. The molecule has 132 valence electrons. The van der Waals surface area contributed by atoms with E-state index in [1.54, 1.807) is 61.8 Å². The predicted molar refractivity (Wildman–Crippen MR) is 101 cm³/mol. The molecule has 1 amide bonds. The maximum Gasteiger partial charge on any atom is 0.255 e. The number of pyridine rings is 1. The number of halogens is 1. The number of anilines is 1. The van der Waals surface area contributed by atoms with Crippen molar-refractivity contribution in [1.29, 1.82) is 0 Å². The van der Waals surface area contributed by atoms with E-state index in [1.165, 1.54) is 0 Å². The predicted octanol–water partition coefficient (Wildman–Crippen LogP) is 5.10. The Balaban J connectivity index is 1.66. The lowest BCUT2D eigenvalue weighted by atomic mass is 10.2. The van der Waals surface area contributed by atoms with E-state index in [-0.39, 0.29) is 5.91 Å². The van der Waals surface area contributed by atoms with Crippen LogP contribution in [0.2, 0.25) is 5.02 Å². The second kappa shape index (κ2) is 7.89. The summed E-state index contributed by atoms with van der Waals surface area (Å²) < 4.78 is 10.8. The van der Waals surface area contributed by atoms with E-state index in [0.717, 1.165) is 5.56 Å².